The molecule has 3 rings (SSSR count). The highest BCUT2D eigenvalue weighted by Gasteiger charge is 2.39. The van der Waals surface area contributed by atoms with Crippen LogP contribution in [0.15, 0.2) is 6.07 Å². The zero-order chi connectivity index (χ0) is 15.0. The molecule has 1 unspecified atom stereocenters. The van der Waals surface area contributed by atoms with Crippen molar-refractivity contribution in [2.45, 2.75) is 25.0 Å². The normalized spacial score (nSPS) is 24.0. The molecule has 21 heavy (non-hydrogen) atoms. The van der Waals surface area contributed by atoms with Gasteiger partial charge >= 0.3 is 6.09 Å². The number of likely N-dealkylation sites (tertiary alicyclic amines) is 1. The van der Waals surface area contributed by atoms with Gasteiger partial charge in [-0.2, -0.15) is 4.98 Å². The molecule has 2 N–H and O–H groups in total. The second-order valence-electron chi connectivity index (χ2n) is 5.03. The number of amides is 1. The third kappa shape index (κ3) is 2.53. The van der Waals surface area contributed by atoms with Gasteiger partial charge < -0.3 is 24.8 Å². The first-order valence-corrected chi connectivity index (χ1v) is 7.15. The number of halogens is 1. The van der Waals surface area contributed by atoms with Crippen molar-refractivity contribution in [1.82, 2.24) is 9.88 Å². The summed E-state index contributed by atoms with van der Waals surface area (Å²) in [5.74, 6) is 0.818. The zero-order valence-corrected chi connectivity index (χ0v) is 12.3. The van der Waals surface area contributed by atoms with Crippen LogP contribution in [0.5, 0.6) is 11.6 Å². The highest BCUT2D eigenvalue weighted by molar-refractivity contribution is 6.29. The van der Waals surface area contributed by atoms with Gasteiger partial charge in [0, 0.05) is 19.7 Å². The van der Waals surface area contributed by atoms with Crippen molar-refractivity contribution in [3.05, 3.63) is 11.2 Å². The van der Waals surface area contributed by atoms with Gasteiger partial charge in [-0.3, -0.25) is 0 Å². The smallest absolute Gasteiger partial charge is 0.407 e. The minimum absolute atomic E-state index is 0.198. The number of aromatic nitrogens is 1. The van der Waals surface area contributed by atoms with E-state index in [0.29, 0.717) is 29.0 Å². The number of rotatable bonds is 2. The van der Waals surface area contributed by atoms with Crippen molar-refractivity contribution < 1.29 is 19.4 Å². The Morgan fingerprint density at radius 2 is 2.43 bits per heavy atom. The molecule has 0 bridgehead atoms. The molecule has 0 saturated carbocycles. The van der Waals surface area contributed by atoms with Crippen LogP contribution in [0.2, 0.25) is 5.15 Å². The minimum Gasteiger partial charge on any atom is -0.477 e. The third-order valence-electron chi connectivity index (χ3n) is 3.81. The molecule has 1 aromatic heterocycles. The van der Waals surface area contributed by atoms with Crippen LogP contribution in [0.1, 0.15) is 12.8 Å². The molecule has 8 heteroatoms. The fraction of sp³-hybridized carbons (Fsp3) is 0.538. The number of nitrogens with zero attached hydrogens (tertiary/aromatic N) is 2. The zero-order valence-electron chi connectivity index (χ0n) is 11.5. The lowest BCUT2D eigenvalue weighted by atomic mass is 10.1. The third-order valence-corrected chi connectivity index (χ3v) is 4.00. The van der Waals surface area contributed by atoms with Gasteiger partial charge in [0.05, 0.1) is 11.7 Å². The summed E-state index contributed by atoms with van der Waals surface area (Å²) in [5, 5.41) is 12.5. The van der Waals surface area contributed by atoms with Crippen molar-refractivity contribution in [3.8, 4) is 11.6 Å². The van der Waals surface area contributed by atoms with Gasteiger partial charge in [-0.1, -0.05) is 11.6 Å². The molecule has 3 heterocycles. The van der Waals surface area contributed by atoms with Gasteiger partial charge in [0.25, 0.3) is 5.88 Å². The second kappa shape index (κ2) is 5.48. The lowest BCUT2D eigenvalue weighted by Crippen LogP contribution is -2.48. The number of hydrogen-bond donors (Lipinski definition) is 2. The number of anilines is 1. The molecule has 0 aliphatic carbocycles. The molecular formula is C13H16ClN3O4. The van der Waals surface area contributed by atoms with Gasteiger partial charge in [-0.05, 0) is 12.8 Å². The molecule has 0 spiro atoms. The quantitative estimate of drug-likeness (QED) is 0.813. The van der Waals surface area contributed by atoms with Crippen molar-refractivity contribution >= 4 is 23.4 Å². The van der Waals surface area contributed by atoms with E-state index in [-0.39, 0.29) is 18.8 Å². The maximum Gasteiger partial charge on any atom is 0.407 e. The first-order chi connectivity index (χ1) is 10.1. The van der Waals surface area contributed by atoms with Crippen molar-refractivity contribution in [2.24, 2.45) is 0 Å². The molecule has 1 saturated heterocycles. The summed E-state index contributed by atoms with van der Waals surface area (Å²) in [6, 6.07) is 1.45. The largest absolute Gasteiger partial charge is 0.477 e. The van der Waals surface area contributed by atoms with Gasteiger partial charge in [0.15, 0.2) is 6.10 Å². The fourth-order valence-corrected chi connectivity index (χ4v) is 3.02. The number of ether oxygens (including phenoxy) is 2. The van der Waals surface area contributed by atoms with E-state index in [1.807, 2.05) is 0 Å². The lowest BCUT2D eigenvalue weighted by Gasteiger charge is -2.34. The minimum atomic E-state index is -0.921. The van der Waals surface area contributed by atoms with E-state index < -0.39 is 6.09 Å². The van der Waals surface area contributed by atoms with Crippen LogP contribution in [-0.2, 0) is 0 Å². The predicted molar refractivity (Wildman–Crippen MR) is 76.5 cm³/mol. The van der Waals surface area contributed by atoms with E-state index in [1.165, 1.54) is 4.90 Å². The summed E-state index contributed by atoms with van der Waals surface area (Å²) in [7, 11) is 1.75. The van der Waals surface area contributed by atoms with Crippen LogP contribution in [0.3, 0.4) is 0 Å². The molecule has 1 amide bonds. The summed E-state index contributed by atoms with van der Waals surface area (Å²) < 4.78 is 11.6. The molecule has 0 radical (unpaired) electrons. The molecule has 0 aromatic carbocycles. The number of carbonyl (C=O) groups is 1. The van der Waals surface area contributed by atoms with Crippen LogP contribution >= 0.6 is 11.6 Å². The van der Waals surface area contributed by atoms with Crippen molar-refractivity contribution in [1.29, 1.82) is 0 Å². The summed E-state index contributed by atoms with van der Waals surface area (Å²) in [6.07, 6.45) is 0.341. The fourth-order valence-electron chi connectivity index (χ4n) is 2.83. The van der Waals surface area contributed by atoms with Crippen LogP contribution in [0, 0.1) is 0 Å². The van der Waals surface area contributed by atoms with E-state index >= 15 is 0 Å². The maximum atomic E-state index is 11.3. The van der Waals surface area contributed by atoms with Crippen LogP contribution in [-0.4, -0.2) is 53.4 Å². The molecular weight excluding hydrogens is 298 g/mol. The number of fused-ring (bicyclic) bond motifs is 1. The summed E-state index contributed by atoms with van der Waals surface area (Å²) in [4.78, 5) is 16.8. The Balaban J connectivity index is 1.85. The van der Waals surface area contributed by atoms with E-state index in [9.17, 15) is 9.90 Å². The maximum absolute atomic E-state index is 11.3. The number of carboxylic acid groups (broad SMARTS) is 1. The standard InChI is InChI=1S/C13H16ClN3O4/c1-15-7-5-10(14)16-12-11(7)21-9(6-20-12)8-3-2-4-17(8)13(18)19/h5,8-9H,2-4,6H2,1H3,(H,15,16)(H,18,19)/t8?,9-/m0/s1. The van der Waals surface area contributed by atoms with E-state index in [1.54, 1.807) is 13.1 Å². The number of pyridine rings is 1. The molecule has 2 aliphatic heterocycles. The average Bonchev–Trinajstić information content (AvgIpc) is 2.95. The number of nitrogens with one attached hydrogen (secondary N) is 1. The Hall–Kier alpha value is -1.89. The molecule has 2 atom stereocenters. The monoisotopic (exact) mass is 313 g/mol. The van der Waals surface area contributed by atoms with Crippen molar-refractivity contribution in [2.75, 3.05) is 25.5 Å². The van der Waals surface area contributed by atoms with E-state index in [0.717, 1.165) is 12.8 Å². The molecule has 7 nitrogen and oxygen atoms in total. The Morgan fingerprint density at radius 3 is 3.14 bits per heavy atom. The van der Waals surface area contributed by atoms with Crippen LogP contribution in [0.25, 0.3) is 0 Å². The highest BCUT2D eigenvalue weighted by atomic mass is 35.5. The average molecular weight is 314 g/mol. The van der Waals surface area contributed by atoms with Gasteiger partial charge in [-0.15, -0.1) is 0 Å². The SMILES string of the molecule is CNc1cc(Cl)nc2c1O[C@H](C1CCCN1C(=O)O)CO2. The van der Waals surface area contributed by atoms with Crippen LogP contribution in [0.4, 0.5) is 10.5 Å². The predicted octanol–water partition coefficient (Wildman–Crippen LogP) is 2.06. The number of hydrogen-bond acceptors (Lipinski definition) is 5. The molecule has 2 aliphatic rings. The van der Waals surface area contributed by atoms with Crippen molar-refractivity contribution in [3.63, 3.8) is 0 Å². The van der Waals surface area contributed by atoms with E-state index in [4.69, 9.17) is 21.1 Å². The Bertz CT molecular complexity index is 551. The Morgan fingerprint density at radius 1 is 1.62 bits per heavy atom. The van der Waals surface area contributed by atoms with Gasteiger partial charge in [0.2, 0.25) is 5.75 Å². The first kappa shape index (κ1) is 14.1. The lowest BCUT2D eigenvalue weighted by molar-refractivity contribution is 0.0290. The molecule has 114 valence electrons. The molecule has 1 fully saturated rings. The summed E-state index contributed by atoms with van der Waals surface area (Å²) in [5.41, 5.74) is 0.676. The Kier molecular flexibility index (Phi) is 3.67. The first-order valence-electron chi connectivity index (χ1n) is 6.77. The van der Waals surface area contributed by atoms with Gasteiger partial charge in [0.1, 0.15) is 11.8 Å². The highest BCUT2D eigenvalue weighted by Crippen LogP contribution is 2.40. The summed E-state index contributed by atoms with van der Waals surface area (Å²) in [6.45, 7) is 0.794. The van der Waals surface area contributed by atoms with Crippen LogP contribution < -0.4 is 14.8 Å². The van der Waals surface area contributed by atoms with Gasteiger partial charge in [-0.25, -0.2) is 4.79 Å². The second-order valence-corrected chi connectivity index (χ2v) is 5.42. The summed E-state index contributed by atoms with van der Waals surface area (Å²) >= 11 is 5.92. The van der Waals surface area contributed by atoms with E-state index in [2.05, 4.69) is 10.3 Å². The Labute approximate surface area is 126 Å². The topological polar surface area (TPSA) is 83.9 Å². The molecule has 1 aromatic rings.